The molecular weight excluding hydrogens is 391 g/mol. The summed E-state index contributed by atoms with van der Waals surface area (Å²) < 4.78 is 43.6. The molecule has 0 radical (unpaired) electrons. The van der Waals surface area contributed by atoms with Crippen LogP contribution in [0.3, 0.4) is 0 Å². The van der Waals surface area contributed by atoms with Crippen molar-refractivity contribution in [1.29, 1.82) is 0 Å². The van der Waals surface area contributed by atoms with Gasteiger partial charge in [0.2, 0.25) is 0 Å². The van der Waals surface area contributed by atoms with Crippen LogP contribution in [0.25, 0.3) is 0 Å². The Morgan fingerprint density at radius 3 is 2.57 bits per heavy atom. The van der Waals surface area contributed by atoms with Crippen molar-refractivity contribution in [3.8, 4) is 5.75 Å². The number of hydrogen-bond donors (Lipinski definition) is 1. The zero-order valence-electron chi connectivity index (χ0n) is 14.4. The summed E-state index contributed by atoms with van der Waals surface area (Å²) in [5.41, 5.74) is 3.40. The van der Waals surface area contributed by atoms with Gasteiger partial charge in [0.15, 0.2) is 5.82 Å². The molecule has 0 amide bonds. The number of aromatic nitrogens is 1. The van der Waals surface area contributed by atoms with Crippen molar-refractivity contribution < 1.29 is 17.9 Å². The number of pyridine rings is 1. The maximum Gasteiger partial charge on any atom is 0.417 e. The molecule has 3 aromatic rings. The molecule has 0 aliphatic heterocycles. The molecule has 0 fully saturated rings. The average Bonchev–Trinajstić information content (AvgIpc) is 2.68. The standard InChI is InChI=1S/C20H15ClF3N3O/c21-18-10-16(20(22,23)24)12-25-19(18)27-26-11-15-7-4-8-17(9-15)28-13-14-5-2-1-3-6-14/h1-12H,13H2,(H,25,27). The molecule has 0 aliphatic carbocycles. The summed E-state index contributed by atoms with van der Waals surface area (Å²) in [6.45, 7) is 0.435. The van der Waals surface area contributed by atoms with Gasteiger partial charge in [-0.2, -0.15) is 18.3 Å². The van der Waals surface area contributed by atoms with Crippen molar-refractivity contribution in [2.75, 3.05) is 5.43 Å². The van der Waals surface area contributed by atoms with Crippen LogP contribution < -0.4 is 10.2 Å². The number of alkyl halides is 3. The van der Waals surface area contributed by atoms with E-state index in [9.17, 15) is 13.2 Å². The fraction of sp³-hybridized carbons (Fsp3) is 0.100. The summed E-state index contributed by atoms with van der Waals surface area (Å²) in [6.07, 6.45) is -2.31. The number of rotatable bonds is 6. The SMILES string of the molecule is FC(F)(F)c1cnc(NN=Cc2cccc(OCc3ccccc3)c2)c(Cl)c1. The molecule has 3 rings (SSSR count). The smallest absolute Gasteiger partial charge is 0.417 e. The molecule has 8 heteroatoms. The minimum absolute atomic E-state index is 0.0300. The second kappa shape index (κ2) is 8.75. The van der Waals surface area contributed by atoms with Gasteiger partial charge in [0.05, 0.1) is 16.8 Å². The third-order valence-electron chi connectivity index (χ3n) is 3.66. The first-order valence-corrected chi connectivity index (χ1v) is 8.58. The van der Waals surface area contributed by atoms with Crippen LogP contribution in [-0.4, -0.2) is 11.2 Å². The molecule has 0 unspecified atom stereocenters. The van der Waals surface area contributed by atoms with E-state index in [1.165, 1.54) is 6.21 Å². The lowest BCUT2D eigenvalue weighted by molar-refractivity contribution is -0.137. The van der Waals surface area contributed by atoms with Crippen LogP contribution in [0.15, 0.2) is 72.0 Å². The number of nitrogens with zero attached hydrogens (tertiary/aromatic N) is 2. The van der Waals surface area contributed by atoms with Gasteiger partial charge in [-0.15, -0.1) is 0 Å². The number of hydrogen-bond acceptors (Lipinski definition) is 4. The number of anilines is 1. The Labute approximate surface area is 164 Å². The van der Waals surface area contributed by atoms with Crippen LogP contribution in [0, 0.1) is 0 Å². The predicted octanol–water partition coefficient (Wildman–Crippen LogP) is 5.78. The molecule has 0 bridgehead atoms. The molecule has 0 aliphatic rings. The van der Waals surface area contributed by atoms with E-state index in [4.69, 9.17) is 16.3 Å². The van der Waals surface area contributed by atoms with Gasteiger partial charge in [0.25, 0.3) is 0 Å². The van der Waals surface area contributed by atoms with Gasteiger partial charge in [-0.25, -0.2) is 4.98 Å². The fourth-order valence-corrected chi connectivity index (χ4v) is 2.48. The van der Waals surface area contributed by atoms with Gasteiger partial charge in [0, 0.05) is 6.20 Å². The number of nitrogens with one attached hydrogen (secondary N) is 1. The maximum absolute atomic E-state index is 12.6. The topological polar surface area (TPSA) is 46.5 Å². The Morgan fingerprint density at radius 1 is 1.07 bits per heavy atom. The van der Waals surface area contributed by atoms with Crippen LogP contribution in [0.5, 0.6) is 5.75 Å². The average molecular weight is 406 g/mol. The van der Waals surface area contributed by atoms with E-state index in [-0.39, 0.29) is 10.8 Å². The monoisotopic (exact) mass is 405 g/mol. The van der Waals surface area contributed by atoms with Crippen LogP contribution in [-0.2, 0) is 12.8 Å². The molecule has 1 N–H and O–H groups in total. The van der Waals surface area contributed by atoms with Crippen molar-refractivity contribution in [2.24, 2.45) is 5.10 Å². The van der Waals surface area contributed by atoms with Crippen LogP contribution >= 0.6 is 11.6 Å². The van der Waals surface area contributed by atoms with Gasteiger partial charge >= 0.3 is 6.18 Å². The van der Waals surface area contributed by atoms with Crippen molar-refractivity contribution >= 4 is 23.6 Å². The molecule has 0 atom stereocenters. The Kier molecular flexibility index (Phi) is 6.16. The van der Waals surface area contributed by atoms with Crippen molar-refractivity contribution in [3.05, 3.63) is 88.6 Å². The Morgan fingerprint density at radius 2 is 1.86 bits per heavy atom. The molecule has 28 heavy (non-hydrogen) atoms. The maximum atomic E-state index is 12.6. The first-order chi connectivity index (χ1) is 13.4. The van der Waals surface area contributed by atoms with Crippen molar-refractivity contribution in [2.45, 2.75) is 12.8 Å². The van der Waals surface area contributed by atoms with E-state index in [0.717, 1.165) is 17.2 Å². The molecule has 1 heterocycles. The summed E-state index contributed by atoms with van der Waals surface area (Å²) in [6, 6.07) is 17.8. The molecule has 4 nitrogen and oxygen atoms in total. The summed E-state index contributed by atoms with van der Waals surface area (Å²) in [5.74, 6) is 0.695. The predicted molar refractivity (Wildman–Crippen MR) is 103 cm³/mol. The highest BCUT2D eigenvalue weighted by Crippen LogP contribution is 2.32. The van der Waals surface area contributed by atoms with E-state index >= 15 is 0 Å². The van der Waals surface area contributed by atoms with Crippen LogP contribution in [0.4, 0.5) is 19.0 Å². The minimum Gasteiger partial charge on any atom is -0.489 e. The summed E-state index contributed by atoms with van der Waals surface area (Å²) in [5, 5.41) is 3.79. The Balaban J connectivity index is 1.62. The van der Waals surface area contributed by atoms with Gasteiger partial charge in [0.1, 0.15) is 12.4 Å². The fourth-order valence-electron chi connectivity index (χ4n) is 2.27. The highest BCUT2D eigenvalue weighted by Gasteiger charge is 2.31. The summed E-state index contributed by atoms with van der Waals surface area (Å²) >= 11 is 5.82. The first kappa shape index (κ1) is 19.7. The molecule has 2 aromatic carbocycles. The number of halogens is 4. The molecule has 144 valence electrons. The van der Waals surface area contributed by atoms with Crippen molar-refractivity contribution in [1.82, 2.24) is 4.98 Å². The van der Waals surface area contributed by atoms with Gasteiger partial charge in [-0.3, -0.25) is 5.43 Å². The zero-order chi connectivity index (χ0) is 20.0. The normalized spacial score (nSPS) is 11.6. The molecule has 0 saturated carbocycles. The second-order valence-corrected chi connectivity index (χ2v) is 6.18. The Hall–Kier alpha value is -3.06. The molecule has 0 saturated heterocycles. The quantitative estimate of drug-likeness (QED) is 0.417. The first-order valence-electron chi connectivity index (χ1n) is 8.20. The van der Waals surface area contributed by atoms with E-state index in [1.54, 1.807) is 6.07 Å². The Bertz CT molecular complexity index is 962. The molecule has 1 aromatic heterocycles. The minimum atomic E-state index is -4.50. The summed E-state index contributed by atoms with van der Waals surface area (Å²) in [7, 11) is 0. The largest absolute Gasteiger partial charge is 0.489 e. The number of hydrazone groups is 1. The van der Waals surface area contributed by atoms with E-state index in [1.807, 2.05) is 48.5 Å². The molecular formula is C20H15ClF3N3O. The lowest BCUT2D eigenvalue weighted by Gasteiger charge is -2.08. The van der Waals surface area contributed by atoms with Crippen molar-refractivity contribution in [3.63, 3.8) is 0 Å². The van der Waals surface area contributed by atoms with E-state index < -0.39 is 11.7 Å². The lowest BCUT2D eigenvalue weighted by atomic mass is 10.2. The van der Waals surface area contributed by atoms with Gasteiger partial charge < -0.3 is 4.74 Å². The number of ether oxygens (including phenoxy) is 1. The third-order valence-corrected chi connectivity index (χ3v) is 3.95. The van der Waals surface area contributed by atoms with E-state index in [0.29, 0.717) is 18.6 Å². The van der Waals surface area contributed by atoms with Gasteiger partial charge in [-0.05, 0) is 29.3 Å². The second-order valence-electron chi connectivity index (χ2n) is 5.77. The summed E-state index contributed by atoms with van der Waals surface area (Å²) in [4.78, 5) is 3.65. The third kappa shape index (κ3) is 5.47. The lowest BCUT2D eigenvalue weighted by Crippen LogP contribution is -2.06. The van der Waals surface area contributed by atoms with Gasteiger partial charge in [-0.1, -0.05) is 54.1 Å². The molecule has 0 spiro atoms. The highest BCUT2D eigenvalue weighted by atomic mass is 35.5. The number of benzene rings is 2. The van der Waals surface area contributed by atoms with E-state index in [2.05, 4.69) is 15.5 Å². The van der Waals surface area contributed by atoms with Crippen LogP contribution in [0.1, 0.15) is 16.7 Å². The zero-order valence-corrected chi connectivity index (χ0v) is 15.2. The highest BCUT2D eigenvalue weighted by molar-refractivity contribution is 6.32. The van der Waals surface area contributed by atoms with Crippen LogP contribution in [0.2, 0.25) is 5.02 Å².